The molecule has 1 aromatic carbocycles. The normalized spacial score (nSPS) is 23.4. The summed E-state index contributed by atoms with van der Waals surface area (Å²) in [5.41, 5.74) is 0.351. The molecule has 0 unspecified atom stereocenters. The zero-order valence-corrected chi connectivity index (χ0v) is 8.78. The SMILES string of the molecule is O=C1c2cccc(F)c2OC[C@H]2CCCN12. The van der Waals surface area contributed by atoms with E-state index in [9.17, 15) is 9.18 Å². The van der Waals surface area contributed by atoms with Crippen LogP contribution in [0.2, 0.25) is 0 Å². The Hall–Kier alpha value is -1.58. The maximum absolute atomic E-state index is 13.5. The Labute approximate surface area is 92.8 Å². The van der Waals surface area contributed by atoms with Crippen molar-refractivity contribution in [3.63, 3.8) is 0 Å². The van der Waals surface area contributed by atoms with Crippen molar-refractivity contribution in [2.24, 2.45) is 0 Å². The lowest BCUT2D eigenvalue weighted by Gasteiger charge is -2.20. The lowest BCUT2D eigenvalue weighted by atomic mass is 10.1. The minimum atomic E-state index is -0.452. The van der Waals surface area contributed by atoms with Crippen LogP contribution in [0.3, 0.4) is 0 Å². The smallest absolute Gasteiger partial charge is 0.258 e. The monoisotopic (exact) mass is 221 g/mol. The fourth-order valence-corrected chi connectivity index (χ4v) is 2.43. The average Bonchev–Trinajstić information content (AvgIpc) is 2.70. The molecule has 1 atom stereocenters. The molecular weight excluding hydrogens is 209 g/mol. The predicted octanol–water partition coefficient (Wildman–Crippen LogP) is 1.82. The van der Waals surface area contributed by atoms with Crippen LogP contribution in [0.15, 0.2) is 18.2 Å². The molecule has 1 fully saturated rings. The van der Waals surface area contributed by atoms with Crippen LogP contribution in [0.1, 0.15) is 23.2 Å². The number of halogens is 1. The van der Waals surface area contributed by atoms with Crippen molar-refractivity contribution < 1.29 is 13.9 Å². The zero-order valence-electron chi connectivity index (χ0n) is 8.78. The molecule has 16 heavy (non-hydrogen) atoms. The molecule has 84 valence electrons. The van der Waals surface area contributed by atoms with E-state index in [0.29, 0.717) is 12.2 Å². The topological polar surface area (TPSA) is 29.5 Å². The molecule has 1 aromatic rings. The van der Waals surface area contributed by atoms with Crippen molar-refractivity contribution in [1.29, 1.82) is 0 Å². The van der Waals surface area contributed by atoms with Gasteiger partial charge >= 0.3 is 0 Å². The molecule has 0 aliphatic carbocycles. The minimum Gasteiger partial charge on any atom is -0.488 e. The molecule has 0 spiro atoms. The minimum absolute atomic E-state index is 0.102. The van der Waals surface area contributed by atoms with Crippen LogP contribution in [0.5, 0.6) is 5.75 Å². The number of nitrogens with zero attached hydrogens (tertiary/aromatic N) is 1. The summed E-state index contributed by atoms with van der Waals surface area (Å²) in [4.78, 5) is 13.9. The summed E-state index contributed by atoms with van der Waals surface area (Å²) in [6.07, 6.45) is 1.95. The number of carbonyl (C=O) groups excluding carboxylic acids is 1. The summed E-state index contributed by atoms with van der Waals surface area (Å²) in [5, 5.41) is 0. The first-order valence-corrected chi connectivity index (χ1v) is 5.49. The Morgan fingerprint density at radius 3 is 3.19 bits per heavy atom. The number of hydrogen-bond acceptors (Lipinski definition) is 2. The Kier molecular flexibility index (Phi) is 2.09. The van der Waals surface area contributed by atoms with Crippen molar-refractivity contribution in [1.82, 2.24) is 4.90 Å². The standard InChI is InChI=1S/C12H12FNO2/c13-10-5-1-4-9-11(10)16-7-8-3-2-6-14(8)12(9)15/h1,4-5,8H,2-3,6-7H2/t8-/m1/s1. The molecular formula is C12H12FNO2. The number of hydrogen-bond donors (Lipinski definition) is 0. The van der Waals surface area contributed by atoms with Crippen LogP contribution in [0, 0.1) is 5.82 Å². The number of benzene rings is 1. The van der Waals surface area contributed by atoms with Crippen LogP contribution in [-0.2, 0) is 0 Å². The highest BCUT2D eigenvalue weighted by Crippen LogP contribution is 2.31. The Morgan fingerprint density at radius 1 is 1.44 bits per heavy atom. The highest BCUT2D eigenvalue weighted by atomic mass is 19.1. The van der Waals surface area contributed by atoms with E-state index < -0.39 is 5.82 Å². The van der Waals surface area contributed by atoms with Gasteiger partial charge in [-0.25, -0.2) is 4.39 Å². The molecule has 2 heterocycles. The quantitative estimate of drug-likeness (QED) is 0.668. The van der Waals surface area contributed by atoms with Crippen LogP contribution in [0.4, 0.5) is 4.39 Å². The van der Waals surface area contributed by atoms with Gasteiger partial charge in [-0.15, -0.1) is 0 Å². The second-order valence-corrected chi connectivity index (χ2v) is 4.22. The van der Waals surface area contributed by atoms with Crippen molar-refractivity contribution in [3.05, 3.63) is 29.6 Å². The summed E-state index contributed by atoms with van der Waals surface area (Å²) in [6.45, 7) is 1.16. The van der Waals surface area contributed by atoms with Crippen molar-refractivity contribution in [2.75, 3.05) is 13.2 Å². The fraction of sp³-hybridized carbons (Fsp3) is 0.417. The van der Waals surface area contributed by atoms with E-state index >= 15 is 0 Å². The van der Waals surface area contributed by atoms with Gasteiger partial charge in [-0.2, -0.15) is 0 Å². The molecule has 0 bridgehead atoms. The van der Waals surface area contributed by atoms with Gasteiger partial charge in [0.1, 0.15) is 6.61 Å². The second-order valence-electron chi connectivity index (χ2n) is 4.22. The Bertz CT molecular complexity index is 447. The molecule has 1 saturated heterocycles. The van der Waals surface area contributed by atoms with Gasteiger partial charge in [0.2, 0.25) is 0 Å². The summed E-state index contributed by atoms with van der Waals surface area (Å²) in [6, 6.07) is 4.61. The Morgan fingerprint density at radius 2 is 2.31 bits per heavy atom. The lowest BCUT2D eigenvalue weighted by Crippen LogP contribution is -2.36. The highest BCUT2D eigenvalue weighted by molar-refractivity contribution is 5.97. The van der Waals surface area contributed by atoms with Crippen LogP contribution in [-0.4, -0.2) is 30.0 Å². The van der Waals surface area contributed by atoms with Gasteiger partial charge in [-0.1, -0.05) is 6.07 Å². The van der Waals surface area contributed by atoms with Crippen molar-refractivity contribution in [2.45, 2.75) is 18.9 Å². The third-order valence-corrected chi connectivity index (χ3v) is 3.26. The van der Waals surface area contributed by atoms with E-state index in [1.807, 2.05) is 0 Å². The van der Waals surface area contributed by atoms with Gasteiger partial charge in [0.25, 0.3) is 5.91 Å². The third-order valence-electron chi connectivity index (χ3n) is 3.26. The molecule has 1 amide bonds. The lowest BCUT2D eigenvalue weighted by molar-refractivity contribution is 0.0726. The van der Waals surface area contributed by atoms with E-state index in [1.165, 1.54) is 6.07 Å². The van der Waals surface area contributed by atoms with E-state index in [1.54, 1.807) is 17.0 Å². The molecule has 3 nitrogen and oxygen atoms in total. The number of para-hydroxylation sites is 1. The van der Waals surface area contributed by atoms with Gasteiger partial charge in [-0.3, -0.25) is 4.79 Å². The van der Waals surface area contributed by atoms with Crippen LogP contribution >= 0.6 is 0 Å². The first-order valence-electron chi connectivity index (χ1n) is 5.49. The van der Waals surface area contributed by atoms with Gasteiger partial charge < -0.3 is 9.64 Å². The van der Waals surface area contributed by atoms with Crippen LogP contribution in [0.25, 0.3) is 0 Å². The molecule has 0 N–H and O–H groups in total. The third kappa shape index (κ3) is 1.29. The van der Waals surface area contributed by atoms with Gasteiger partial charge in [0.15, 0.2) is 11.6 Å². The number of amides is 1. The van der Waals surface area contributed by atoms with Crippen molar-refractivity contribution >= 4 is 5.91 Å². The molecule has 3 rings (SSSR count). The van der Waals surface area contributed by atoms with Crippen LogP contribution < -0.4 is 4.74 Å². The maximum atomic E-state index is 13.5. The first kappa shape index (κ1) is 9.63. The molecule has 0 radical (unpaired) electrons. The summed E-state index contributed by atoms with van der Waals surface area (Å²) in [7, 11) is 0. The highest BCUT2D eigenvalue weighted by Gasteiger charge is 2.34. The molecule has 4 heteroatoms. The zero-order chi connectivity index (χ0) is 11.1. The Balaban J connectivity index is 2.08. The summed E-state index contributed by atoms with van der Waals surface area (Å²) < 4.78 is 18.9. The van der Waals surface area contributed by atoms with E-state index in [2.05, 4.69) is 0 Å². The van der Waals surface area contributed by atoms with Gasteiger partial charge in [0.05, 0.1) is 11.6 Å². The summed E-state index contributed by atoms with van der Waals surface area (Å²) >= 11 is 0. The second kappa shape index (κ2) is 3.47. The van der Waals surface area contributed by atoms with E-state index in [-0.39, 0.29) is 17.7 Å². The number of rotatable bonds is 0. The number of carbonyl (C=O) groups is 1. The predicted molar refractivity (Wildman–Crippen MR) is 56.0 cm³/mol. The van der Waals surface area contributed by atoms with Crippen molar-refractivity contribution in [3.8, 4) is 5.75 Å². The van der Waals surface area contributed by atoms with E-state index in [4.69, 9.17) is 4.74 Å². The molecule has 2 aliphatic heterocycles. The van der Waals surface area contributed by atoms with E-state index in [0.717, 1.165) is 19.4 Å². The average molecular weight is 221 g/mol. The first-order chi connectivity index (χ1) is 7.77. The summed E-state index contributed by atoms with van der Waals surface area (Å²) in [5.74, 6) is -0.441. The fourth-order valence-electron chi connectivity index (χ4n) is 2.43. The largest absolute Gasteiger partial charge is 0.488 e. The maximum Gasteiger partial charge on any atom is 0.258 e. The van der Waals surface area contributed by atoms with Gasteiger partial charge in [-0.05, 0) is 25.0 Å². The number of ether oxygens (including phenoxy) is 1. The number of fused-ring (bicyclic) bond motifs is 2. The molecule has 2 aliphatic rings. The molecule has 0 saturated carbocycles. The van der Waals surface area contributed by atoms with Gasteiger partial charge in [0, 0.05) is 6.54 Å². The molecule has 0 aromatic heterocycles.